The van der Waals surface area contributed by atoms with Crippen LogP contribution in [-0.2, 0) is 9.59 Å². The molecule has 1 saturated carbocycles. The number of likely N-dealkylation sites (tertiary alicyclic amines) is 1. The van der Waals surface area contributed by atoms with Gasteiger partial charge >= 0.3 is 0 Å². The van der Waals surface area contributed by atoms with Crippen LogP contribution in [0.15, 0.2) is 12.4 Å². The van der Waals surface area contributed by atoms with Gasteiger partial charge in [-0.1, -0.05) is 6.92 Å². The second-order valence-corrected chi connectivity index (χ2v) is 6.52. The predicted octanol–water partition coefficient (Wildman–Crippen LogP) is 2.33. The molecule has 2 aliphatic rings. The molecule has 23 heavy (non-hydrogen) atoms. The number of nitrogens with one attached hydrogen (secondary N) is 1. The van der Waals surface area contributed by atoms with E-state index in [1.54, 1.807) is 12.4 Å². The number of piperidine rings is 1. The lowest BCUT2D eigenvalue weighted by atomic mass is 9.96. The van der Waals surface area contributed by atoms with Crippen molar-refractivity contribution in [3.63, 3.8) is 0 Å². The molecule has 2 heterocycles. The van der Waals surface area contributed by atoms with E-state index < -0.39 is 0 Å². The summed E-state index contributed by atoms with van der Waals surface area (Å²) in [7, 11) is 0. The normalized spacial score (nSPS) is 21.1. The lowest BCUT2D eigenvalue weighted by Gasteiger charge is -2.32. The molecule has 1 saturated heterocycles. The summed E-state index contributed by atoms with van der Waals surface area (Å²) in [5.74, 6) is 1.35. The fraction of sp³-hybridized carbons (Fsp3) is 0.647. The van der Waals surface area contributed by atoms with Gasteiger partial charge in [0, 0.05) is 25.4 Å². The van der Waals surface area contributed by atoms with E-state index in [0.717, 1.165) is 44.5 Å². The number of carbonyl (C=O) groups excluding carboxylic acids is 2. The molecule has 1 aromatic rings. The van der Waals surface area contributed by atoms with E-state index in [1.807, 2.05) is 11.8 Å². The summed E-state index contributed by atoms with van der Waals surface area (Å²) in [5, 5.41) is 2.89. The zero-order valence-electron chi connectivity index (χ0n) is 13.6. The third kappa shape index (κ3) is 4.06. The van der Waals surface area contributed by atoms with E-state index in [-0.39, 0.29) is 17.7 Å². The Kier molecular flexibility index (Phi) is 4.88. The highest BCUT2D eigenvalue weighted by Gasteiger charge is 2.29. The van der Waals surface area contributed by atoms with Crippen LogP contribution in [0.5, 0.6) is 0 Å². The van der Waals surface area contributed by atoms with Crippen molar-refractivity contribution < 1.29 is 9.59 Å². The lowest BCUT2D eigenvalue weighted by Crippen LogP contribution is -2.43. The maximum absolute atomic E-state index is 12.4. The Labute approximate surface area is 136 Å². The molecular formula is C17H24N4O2. The number of anilines is 1. The second kappa shape index (κ2) is 7.06. The number of amides is 2. The molecule has 1 atom stereocenters. The second-order valence-electron chi connectivity index (χ2n) is 6.52. The fourth-order valence-electron chi connectivity index (χ4n) is 2.99. The largest absolute Gasteiger partial charge is 0.342 e. The quantitative estimate of drug-likeness (QED) is 0.904. The molecule has 0 bridgehead atoms. The van der Waals surface area contributed by atoms with Crippen LogP contribution in [0.4, 0.5) is 5.69 Å². The van der Waals surface area contributed by atoms with E-state index in [0.29, 0.717) is 24.6 Å². The van der Waals surface area contributed by atoms with Crippen LogP contribution in [0, 0.1) is 5.92 Å². The summed E-state index contributed by atoms with van der Waals surface area (Å²) in [5.41, 5.74) is 0.636. The van der Waals surface area contributed by atoms with Crippen molar-refractivity contribution in [2.75, 3.05) is 18.4 Å². The molecule has 124 valence electrons. The van der Waals surface area contributed by atoms with Crippen molar-refractivity contribution >= 4 is 17.5 Å². The monoisotopic (exact) mass is 316 g/mol. The fourth-order valence-corrected chi connectivity index (χ4v) is 2.99. The van der Waals surface area contributed by atoms with Crippen molar-refractivity contribution in [2.24, 2.45) is 5.92 Å². The highest BCUT2D eigenvalue weighted by molar-refractivity contribution is 5.92. The summed E-state index contributed by atoms with van der Waals surface area (Å²) in [4.78, 5) is 34.9. The summed E-state index contributed by atoms with van der Waals surface area (Å²) in [6.07, 6.45) is 8.79. The molecule has 1 aliphatic heterocycles. The average Bonchev–Trinajstić information content (AvgIpc) is 3.41. The SMILES string of the molecule is CCCC(=O)N1CCCC(C(=O)Nc2cnc(C3CC3)nc2)C1. The zero-order chi connectivity index (χ0) is 16.2. The first-order chi connectivity index (χ1) is 11.2. The molecule has 2 fully saturated rings. The third-order valence-corrected chi connectivity index (χ3v) is 4.49. The maximum atomic E-state index is 12.4. The number of rotatable bonds is 5. The van der Waals surface area contributed by atoms with Gasteiger partial charge in [0.25, 0.3) is 0 Å². The van der Waals surface area contributed by atoms with Gasteiger partial charge in [0.2, 0.25) is 11.8 Å². The standard InChI is InChI=1S/C17H24N4O2/c1-2-4-15(22)21-8-3-5-13(11-21)17(23)20-14-9-18-16(19-10-14)12-6-7-12/h9-10,12-13H,2-8,11H2,1H3,(H,20,23). The van der Waals surface area contributed by atoms with Crippen LogP contribution in [0.3, 0.4) is 0 Å². The number of hydrogen-bond acceptors (Lipinski definition) is 4. The van der Waals surface area contributed by atoms with Crippen LogP contribution in [0.1, 0.15) is 57.2 Å². The first-order valence-electron chi connectivity index (χ1n) is 8.58. The van der Waals surface area contributed by atoms with Crippen LogP contribution in [0.2, 0.25) is 0 Å². The number of carbonyl (C=O) groups is 2. The van der Waals surface area contributed by atoms with Gasteiger partial charge in [-0.3, -0.25) is 9.59 Å². The number of aromatic nitrogens is 2. The molecule has 0 aromatic carbocycles. The van der Waals surface area contributed by atoms with E-state index in [2.05, 4.69) is 15.3 Å². The lowest BCUT2D eigenvalue weighted by molar-refractivity contribution is -0.134. The Morgan fingerprint density at radius 1 is 1.26 bits per heavy atom. The highest BCUT2D eigenvalue weighted by atomic mass is 16.2. The van der Waals surface area contributed by atoms with Gasteiger partial charge in [0.1, 0.15) is 5.82 Å². The summed E-state index contributed by atoms with van der Waals surface area (Å²) in [6.45, 7) is 3.28. The predicted molar refractivity (Wildman–Crippen MR) is 86.8 cm³/mol. The van der Waals surface area contributed by atoms with Gasteiger partial charge in [0.15, 0.2) is 0 Å². The van der Waals surface area contributed by atoms with Crippen LogP contribution >= 0.6 is 0 Å². The molecule has 1 unspecified atom stereocenters. The molecule has 2 amide bonds. The average molecular weight is 316 g/mol. The molecule has 1 N–H and O–H groups in total. The van der Waals surface area contributed by atoms with E-state index in [1.165, 1.54) is 0 Å². The van der Waals surface area contributed by atoms with Crippen molar-refractivity contribution in [2.45, 2.75) is 51.4 Å². The highest BCUT2D eigenvalue weighted by Crippen LogP contribution is 2.37. The van der Waals surface area contributed by atoms with Gasteiger partial charge < -0.3 is 10.2 Å². The minimum atomic E-state index is -0.146. The van der Waals surface area contributed by atoms with Gasteiger partial charge in [-0.2, -0.15) is 0 Å². The van der Waals surface area contributed by atoms with Gasteiger partial charge in [-0.15, -0.1) is 0 Å². The molecule has 0 spiro atoms. The number of hydrogen-bond donors (Lipinski definition) is 1. The van der Waals surface area contributed by atoms with E-state index in [4.69, 9.17) is 0 Å². The van der Waals surface area contributed by atoms with Crippen LogP contribution < -0.4 is 5.32 Å². The smallest absolute Gasteiger partial charge is 0.229 e. The summed E-state index contributed by atoms with van der Waals surface area (Å²) >= 11 is 0. The van der Waals surface area contributed by atoms with Gasteiger partial charge in [-0.25, -0.2) is 9.97 Å². The van der Waals surface area contributed by atoms with Crippen molar-refractivity contribution in [3.05, 3.63) is 18.2 Å². The van der Waals surface area contributed by atoms with Crippen LogP contribution in [0.25, 0.3) is 0 Å². The number of nitrogens with zero attached hydrogens (tertiary/aromatic N) is 3. The first kappa shape index (κ1) is 15.9. The Hall–Kier alpha value is -1.98. The molecule has 1 aromatic heterocycles. The molecule has 0 radical (unpaired) electrons. The summed E-state index contributed by atoms with van der Waals surface area (Å²) in [6, 6.07) is 0. The molecule has 3 rings (SSSR count). The summed E-state index contributed by atoms with van der Waals surface area (Å²) < 4.78 is 0. The third-order valence-electron chi connectivity index (χ3n) is 4.49. The minimum absolute atomic E-state index is 0.0400. The van der Waals surface area contributed by atoms with Gasteiger partial charge in [-0.05, 0) is 32.1 Å². The maximum Gasteiger partial charge on any atom is 0.229 e. The minimum Gasteiger partial charge on any atom is -0.342 e. The Morgan fingerprint density at radius 2 is 2.00 bits per heavy atom. The Balaban J connectivity index is 1.55. The van der Waals surface area contributed by atoms with Gasteiger partial charge in [0.05, 0.1) is 24.0 Å². The molecule has 6 nitrogen and oxygen atoms in total. The first-order valence-corrected chi connectivity index (χ1v) is 8.58. The molecule has 1 aliphatic carbocycles. The van der Waals surface area contributed by atoms with Crippen molar-refractivity contribution in [1.29, 1.82) is 0 Å². The zero-order valence-corrected chi connectivity index (χ0v) is 13.6. The van der Waals surface area contributed by atoms with Crippen molar-refractivity contribution in [3.8, 4) is 0 Å². The van der Waals surface area contributed by atoms with Crippen molar-refractivity contribution in [1.82, 2.24) is 14.9 Å². The molecule has 6 heteroatoms. The Morgan fingerprint density at radius 3 is 2.65 bits per heavy atom. The molecular weight excluding hydrogens is 292 g/mol. The van der Waals surface area contributed by atoms with E-state index >= 15 is 0 Å². The Bertz CT molecular complexity index is 568. The van der Waals surface area contributed by atoms with E-state index in [9.17, 15) is 9.59 Å². The van der Waals surface area contributed by atoms with Crippen LogP contribution in [-0.4, -0.2) is 39.8 Å². The topological polar surface area (TPSA) is 75.2 Å².